The molecule has 2 atom stereocenters. The quantitative estimate of drug-likeness (QED) is 0.293. The maximum Gasteiger partial charge on any atom is 0.470 e. The maximum atomic E-state index is 11.9. The van der Waals surface area contributed by atoms with E-state index in [-0.39, 0.29) is 35.9 Å². The van der Waals surface area contributed by atoms with Crippen molar-refractivity contribution in [3.63, 3.8) is 0 Å². The average molecular weight is 458 g/mol. The van der Waals surface area contributed by atoms with Gasteiger partial charge in [-0.25, -0.2) is 9.13 Å². The normalized spacial score (nSPS) is 16.5. The van der Waals surface area contributed by atoms with Crippen molar-refractivity contribution in [2.24, 2.45) is 0 Å². The smallest absolute Gasteiger partial charge is 0.303 e. The molecular weight excluding hydrogens is 430 g/mol. The Bertz CT molecular complexity index is 543. The van der Waals surface area contributed by atoms with Crippen molar-refractivity contribution in [3.05, 3.63) is 0 Å². The van der Waals surface area contributed by atoms with Gasteiger partial charge < -0.3 is 19.6 Å². The molecule has 0 aromatic rings. The molecule has 4 N–H and O–H groups in total. The lowest BCUT2D eigenvalue weighted by Crippen LogP contribution is -2.27. The molecule has 0 rings (SSSR count). The van der Waals surface area contributed by atoms with Crippen LogP contribution in [-0.2, 0) is 39.8 Å². The minimum atomic E-state index is -4.63. The zero-order chi connectivity index (χ0) is 20.8. The predicted octanol–water partition coefficient (Wildman–Crippen LogP) is 1.04. The Kier molecular flexibility index (Phi) is 10.5. The summed E-state index contributed by atoms with van der Waals surface area (Å²) in [7, 11) is -11.9. The van der Waals surface area contributed by atoms with Crippen LogP contribution in [0.1, 0.15) is 40.5 Å². The third-order valence-corrected chi connectivity index (χ3v) is 7.49. The monoisotopic (exact) mass is 458 g/mol. The molecule has 0 radical (unpaired) electrons. The Morgan fingerprint density at radius 2 is 0.962 bits per heavy atom. The molecule has 14 heteroatoms. The van der Waals surface area contributed by atoms with E-state index in [0.29, 0.717) is 0 Å². The van der Waals surface area contributed by atoms with Crippen LogP contribution in [0.25, 0.3) is 0 Å². The standard InChI is InChI=1S/C12H28O10P2S2/c1-11(2,21-23(13,14)15)5-7-25(19)9-10-26(20)8-6-12(3,4)22-24(16,17)18/h5-10H2,1-4H3,(H2,13,14,15)(H2,16,17,18). The molecular formula is C12H28O10P2S2. The molecule has 0 aliphatic carbocycles. The first-order valence-corrected chi connectivity index (χ1v) is 13.7. The first kappa shape index (κ1) is 26.5. The second-order valence-corrected chi connectivity index (χ2v) is 12.6. The van der Waals surface area contributed by atoms with E-state index in [1.54, 1.807) is 0 Å². The van der Waals surface area contributed by atoms with Crippen molar-refractivity contribution in [1.82, 2.24) is 0 Å². The minimum absolute atomic E-state index is 0.136. The van der Waals surface area contributed by atoms with Gasteiger partial charge in [-0.05, 0) is 40.5 Å². The molecule has 0 aromatic carbocycles. The summed E-state index contributed by atoms with van der Waals surface area (Å²) in [5.41, 5.74) is -2.28. The molecule has 10 nitrogen and oxygen atoms in total. The number of phosphoric ester groups is 2. The zero-order valence-corrected chi connectivity index (χ0v) is 18.6. The minimum Gasteiger partial charge on any atom is -0.303 e. The van der Waals surface area contributed by atoms with Crippen LogP contribution in [-0.4, -0.2) is 62.2 Å². The van der Waals surface area contributed by atoms with Gasteiger partial charge >= 0.3 is 15.6 Å². The van der Waals surface area contributed by atoms with E-state index in [1.165, 1.54) is 27.7 Å². The molecule has 0 amide bonds. The molecule has 0 aromatic heterocycles. The fourth-order valence-corrected chi connectivity index (χ4v) is 6.65. The largest absolute Gasteiger partial charge is 0.470 e. The van der Waals surface area contributed by atoms with Crippen LogP contribution in [0.2, 0.25) is 0 Å². The molecule has 158 valence electrons. The molecule has 0 saturated heterocycles. The van der Waals surface area contributed by atoms with Crippen molar-refractivity contribution < 1.29 is 46.2 Å². The highest BCUT2D eigenvalue weighted by molar-refractivity contribution is 7.88. The SMILES string of the molecule is CC(C)(CCS(=O)CCS(=O)CCC(C)(C)OP(=O)(O)O)OP(=O)(O)O. The number of hydrogen-bond acceptors (Lipinski definition) is 6. The highest BCUT2D eigenvalue weighted by Gasteiger charge is 2.30. The second kappa shape index (κ2) is 10.3. The van der Waals surface area contributed by atoms with Gasteiger partial charge in [-0.2, -0.15) is 0 Å². The van der Waals surface area contributed by atoms with Crippen molar-refractivity contribution >= 4 is 37.2 Å². The first-order valence-electron chi connectivity index (χ1n) is 7.63. The van der Waals surface area contributed by atoms with Gasteiger partial charge in [0.15, 0.2) is 0 Å². The maximum absolute atomic E-state index is 11.9. The molecule has 0 bridgehead atoms. The summed E-state index contributed by atoms with van der Waals surface area (Å²) in [6, 6.07) is 0. The van der Waals surface area contributed by atoms with Gasteiger partial charge in [0, 0.05) is 44.6 Å². The molecule has 0 heterocycles. The first-order chi connectivity index (χ1) is 11.4. The Morgan fingerprint density at radius 1 is 0.692 bits per heavy atom. The van der Waals surface area contributed by atoms with E-state index in [4.69, 9.17) is 19.6 Å². The molecule has 0 spiro atoms. The van der Waals surface area contributed by atoms with Gasteiger partial charge in [-0.3, -0.25) is 17.5 Å². The highest BCUT2D eigenvalue weighted by atomic mass is 32.2. The zero-order valence-electron chi connectivity index (χ0n) is 15.2. The fourth-order valence-electron chi connectivity index (χ4n) is 1.84. The van der Waals surface area contributed by atoms with Gasteiger partial charge in [0.05, 0.1) is 11.2 Å². The van der Waals surface area contributed by atoms with Crippen LogP contribution < -0.4 is 0 Å². The predicted molar refractivity (Wildman–Crippen MR) is 99.4 cm³/mol. The van der Waals surface area contributed by atoms with E-state index in [2.05, 4.69) is 9.05 Å². The van der Waals surface area contributed by atoms with Gasteiger partial charge in [0.25, 0.3) is 0 Å². The molecule has 0 aliphatic rings. The Balaban J connectivity index is 4.22. The lowest BCUT2D eigenvalue weighted by atomic mass is 10.1. The third kappa shape index (κ3) is 15.6. The summed E-state index contributed by atoms with van der Waals surface area (Å²) >= 11 is 0. The summed E-state index contributed by atoms with van der Waals surface area (Å²) in [6.07, 6.45) is 0.307. The molecule has 2 unspecified atom stereocenters. The molecule has 0 aliphatic heterocycles. The molecule has 0 fully saturated rings. The van der Waals surface area contributed by atoms with Gasteiger partial charge in [-0.15, -0.1) is 0 Å². The van der Waals surface area contributed by atoms with Crippen LogP contribution >= 0.6 is 15.6 Å². The van der Waals surface area contributed by atoms with Crippen molar-refractivity contribution in [1.29, 1.82) is 0 Å². The topological polar surface area (TPSA) is 168 Å². The highest BCUT2D eigenvalue weighted by Crippen LogP contribution is 2.43. The summed E-state index contributed by atoms with van der Waals surface area (Å²) < 4.78 is 54.8. The average Bonchev–Trinajstić information content (AvgIpc) is 2.35. The van der Waals surface area contributed by atoms with Crippen molar-refractivity contribution in [3.8, 4) is 0 Å². The lowest BCUT2D eigenvalue weighted by Gasteiger charge is -2.25. The van der Waals surface area contributed by atoms with E-state index in [0.717, 1.165) is 0 Å². The van der Waals surface area contributed by atoms with Crippen LogP contribution in [0.4, 0.5) is 0 Å². The van der Waals surface area contributed by atoms with E-state index in [1.807, 2.05) is 0 Å². The Labute approximate surface area is 158 Å². The van der Waals surface area contributed by atoms with Crippen molar-refractivity contribution in [2.45, 2.75) is 51.7 Å². The fraction of sp³-hybridized carbons (Fsp3) is 1.00. The van der Waals surface area contributed by atoms with Crippen LogP contribution in [0.3, 0.4) is 0 Å². The van der Waals surface area contributed by atoms with Crippen molar-refractivity contribution in [2.75, 3.05) is 23.0 Å². The van der Waals surface area contributed by atoms with E-state index < -0.39 is 48.4 Å². The van der Waals surface area contributed by atoms with Crippen LogP contribution in [0, 0.1) is 0 Å². The summed E-state index contributed by atoms with van der Waals surface area (Å²) in [4.78, 5) is 35.2. The molecule has 26 heavy (non-hydrogen) atoms. The van der Waals surface area contributed by atoms with Gasteiger partial charge in [0.2, 0.25) is 0 Å². The van der Waals surface area contributed by atoms with Gasteiger partial charge in [0.1, 0.15) is 0 Å². The third-order valence-electron chi connectivity index (χ3n) is 3.13. The van der Waals surface area contributed by atoms with E-state index in [9.17, 15) is 17.5 Å². The number of rotatable bonds is 13. The summed E-state index contributed by atoms with van der Waals surface area (Å²) in [6.45, 7) is 5.91. The molecule has 0 saturated carbocycles. The van der Waals surface area contributed by atoms with E-state index >= 15 is 0 Å². The Hall–Kier alpha value is 0.520. The van der Waals surface area contributed by atoms with Crippen LogP contribution in [0.15, 0.2) is 0 Å². The number of phosphoric acid groups is 2. The lowest BCUT2D eigenvalue weighted by molar-refractivity contribution is 0.0614. The second-order valence-electron chi connectivity index (χ2n) is 6.88. The summed E-state index contributed by atoms with van der Waals surface area (Å²) in [5.74, 6) is 0.546. The Morgan fingerprint density at radius 3 is 1.19 bits per heavy atom. The summed E-state index contributed by atoms with van der Waals surface area (Å²) in [5, 5.41) is 0. The van der Waals surface area contributed by atoms with Gasteiger partial charge in [-0.1, -0.05) is 0 Å². The van der Waals surface area contributed by atoms with Crippen LogP contribution in [0.5, 0.6) is 0 Å². The number of hydrogen-bond donors (Lipinski definition) is 4.